The van der Waals surface area contributed by atoms with E-state index in [2.05, 4.69) is 13.6 Å². The molecule has 0 saturated carbocycles. The standard InChI is InChI=1S/C2H4NO5P/c3-2(4)1-6-9(5,7-1)8-2/h1,4H,3H2. The molecule has 6 nitrogen and oxygen atoms in total. The van der Waals surface area contributed by atoms with Gasteiger partial charge in [-0.2, -0.15) is 0 Å². The zero-order valence-electron chi connectivity index (χ0n) is 4.18. The normalized spacial score (nSPS) is 63.6. The molecule has 3 N–H and O–H groups in total. The lowest BCUT2D eigenvalue weighted by molar-refractivity contribution is -0.201. The largest absolute Gasteiger partial charge is 0.483 e. The van der Waals surface area contributed by atoms with Crippen molar-refractivity contribution in [1.29, 1.82) is 0 Å². The third kappa shape index (κ3) is 0.602. The number of fused-ring (bicyclic) bond motifs is 1. The van der Waals surface area contributed by atoms with Crippen LogP contribution in [0.25, 0.3) is 0 Å². The highest BCUT2D eigenvalue weighted by Crippen LogP contribution is 2.70. The third-order valence-electron chi connectivity index (χ3n) is 1.05. The van der Waals surface area contributed by atoms with E-state index in [1.54, 1.807) is 0 Å². The van der Waals surface area contributed by atoms with E-state index in [1.807, 2.05) is 0 Å². The second-order valence-corrected chi connectivity index (χ2v) is 3.33. The van der Waals surface area contributed by atoms with Crippen molar-refractivity contribution >= 4 is 7.82 Å². The molecule has 0 aromatic rings. The van der Waals surface area contributed by atoms with Gasteiger partial charge in [0.25, 0.3) is 5.91 Å². The molecule has 7 heteroatoms. The molecule has 0 aliphatic carbocycles. The fourth-order valence-corrected chi connectivity index (χ4v) is 1.98. The number of aliphatic hydroxyl groups is 1. The van der Waals surface area contributed by atoms with Crippen LogP contribution in [0.2, 0.25) is 0 Å². The Hall–Kier alpha value is 0.0300. The van der Waals surface area contributed by atoms with E-state index in [4.69, 9.17) is 10.8 Å². The third-order valence-corrected chi connectivity index (χ3v) is 2.46. The monoisotopic (exact) mass is 153 g/mol. The van der Waals surface area contributed by atoms with Gasteiger partial charge in [-0.15, -0.1) is 0 Å². The van der Waals surface area contributed by atoms with E-state index < -0.39 is 20.0 Å². The fourth-order valence-electron chi connectivity index (χ4n) is 0.659. The van der Waals surface area contributed by atoms with Crippen LogP contribution in [0.5, 0.6) is 0 Å². The van der Waals surface area contributed by atoms with Gasteiger partial charge in [0, 0.05) is 0 Å². The van der Waals surface area contributed by atoms with Crippen LogP contribution in [0.3, 0.4) is 0 Å². The van der Waals surface area contributed by atoms with Crippen molar-refractivity contribution in [3.8, 4) is 0 Å². The number of phosphoric acid groups is 1. The molecular weight excluding hydrogens is 149 g/mol. The molecule has 1 unspecified atom stereocenters. The Kier molecular flexibility index (Phi) is 0.785. The summed E-state index contributed by atoms with van der Waals surface area (Å²) >= 11 is 0. The minimum Gasteiger partial charge on any atom is -0.349 e. The molecule has 52 valence electrons. The molecule has 0 spiro atoms. The lowest BCUT2D eigenvalue weighted by Crippen LogP contribution is -2.48. The van der Waals surface area contributed by atoms with Gasteiger partial charge >= 0.3 is 7.82 Å². The predicted molar refractivity (Wildman–Crippen MR) is 23.8 cm³/mol. The highest BCUT2D eigenvalue weighted by atomic mass is 31.2. The molecule has 3 aliphatic heterocycles. The Morgan fingerprint density at radius 2 is 2.22 bits per heavy atom. The summed E-state index contributed by atoms with van der Waals surface area (Å²) in [6.45, 7) is 0. The van der Waals surface area contributed by atoms with E-state index in [0.717, 1.165) is 0 Å². The molecule has 3 aliphatic rings. The Morgan fingerprint density at radius 3 is 2.33 bits per heavy atom. The Labute approximate surface area is 50.1 Å². The van der Waals surface area contributed by atoms with Crippen molar-refractivity contribution in [3.63, 3.8) is 0 Å². The van der Waals surface area contributed by atoms with Gasteiger partial charge in [0.05, 0.1) is 0 Å². The van der Waals surface area contributed by atoms with Crippen molar-refractivity contribution < 1.29 is 23.2 Å². The summed E-state index contributed by atoms with van der Waals surface area (Å²) in [6, 6.07) is 0. The Morgan fingerprint density at radius 1 is 1.67 bits per heavy atom. The maximum atomic E-state index is 10.6. The van der Waals surface area contributed by atoms with Crippen LogP contribution in [-0.2, 0) is 18.1 Å². The van der Waals surface area contributed by atoms with Gasteiger partial charge in [0.1, 0.15) is 0 Å². The molecule has 1 atom stereocenters. The van der Waals surface area contributed by atoms with Gasteiger partial charge in [0.15, 0.2) is 0 Å². The van der Waals surface area contributed by atoms with Gasteiger partial charge in [0.2, 0.25) is 6.29 Å². The van der Waals surface area contributed by atoms with Gasteiger partial charge in [-0.05, 0) is 0 Å². The van der Waals surface area contributed by atoms with Crippen molar-refractivity contribution in [2.24, 2.45) is 5.73 Å². The lowest BCUT2D eigenvalue weighted by Gasteiger charge is -2.21. The number of rotatable bonds is 0. The topological polar surface area (TPSA) is 91.0 Å². The minimum absolute atomic E-state index is 1.08. The summed E-state index contributed by atoms with van der Waals surface area (Å²) in [5, 5.41) is 8.80. The molecule has 2 bridgehead atoms. The summed E-state index contributed by atoms with van der Waals surface area (Å²) in [5.41, 5.74) is 4.96. The van der Waals surface area contributed by atoms with E-state index in [0.29, 0.717) is 0 Å². The van der Waals surface area contributed by atoms with Gasteiger partial charge in [-0.3, -0.25) is 5.73 Å². The smallest absolute Gasteiger partial charge is 0.349 e. The molecular formula is C2H4NO5P. The van der Waals surface area contributed by atoms with Crippen molar-refractivity contribution in [2.45, 2.75) is 12.2 Å². The van der Waals surface area contributed by atoms with E-state index in [-0.39, 0.29) is 0 Å². The number of hydrogen-bond donors (Lipinski definition) is 2. The summed E-state index contributed by atoms with van der Waals surface area (Å²) in [7, 11) is -3.40. The molecule has 9 heavy (non-hydrogen) atoms. The van der Waals surface area contributed by atoms with E-state index >= 15 is 0 Å². The summed E-state index contributed by atoms with van der Waals surface area (Å²) in [4.78, 5) is 0. The summed E-state index contributed by atoms with van der Waals surface area (Å²) in [5.74, 6) is -2.02. The number of hydrogen-bond acceptors (Lipinski definition) is 6. The second-order valence-electron chi connectivity index (χ2n) is 1.83. The maximum Gasteiger partial charge on any atom is 0.483 e. The molecule has 0 aromatic heterocycles. The zero-order valence-corrected chi connectivity index (χ0v) is 5.08. The van der Waals surface area contributed by atoms with Crippen LogP contribution in [0.1, 0.15) is 0 Å². The molecule has 3 fully saturated rings. The highest BCUT2D eigenvalue weighted by Gasteiger charge is 2.67. The van der Waals surface area contributed by atoms with Gasteiger partial charge in [-0.25, -0.2) is 18.1 Å². The second kappa shape index (κ2) is 1.22. The quantitative estimate of drug-likeness (QED) is 0.346. The Bertz CT molecular complexity index is 191. The van der Waals surface area contributed by atoms with Crippen LogP contribution in [-0.4, -0.2) is 17.3 Å². The average Bonchev–Trinajstić information content (AvgIpc) is 1.83. The first-order chi connectivity index (χ1) is 4.02. The van der Waals surface area contributed by atoms with Crippen LogP contribution in [0.15, 0.2) is 0 Å². The average molecular weight is 153 g/mol. The molecule has 0 aromatic carbocycles. The Balaban J connectivity index is 2.33. The van der Waals surface area contributed by atoms with Crippen molar-refractivity contribution in [1.82, 2.24) is 0 Å². The van der Waals surface area contributed by atoms with Gasteiger partial charge < -0.3 is 5.11 Å². The maximum absolute atomic E-state index is 10.6. The van der Waals surface area contributed by atoms with Crippen LogP contribution in [0, 0.1) is 0 Å². The minimum atomic E-state index is -3.40. The SMILES string of the molecule is NC1(O)OP2(=O)OC1O2. The first kappa shape index (κ1) is 5.79. The molecule has 3 heterocycles. The van der Waals surface area contributed by atoms with E-state index in [9.17, 15) is 4.57 Å². The molecule has 0 amide bonds. The van der Waals surface area contributed by atoms with Crippen LogP contribution < -0.4 is 5.73 Å². The molecule has 0 radical (unpaired) electrons. The highest BCUT2D eigenvalue weighted by molar-refractivity contribution is 7.50. The summed E-state index contributed by atoms with van der Waals surface area (Å²) in [6.07, 6.45) is -1.08. The van der Waals surface area contributed by atoms with Crippen LogP contribution >= 0.6 is 7.82 Å². The molecule has 3 saturated heterocycles. The molecule has 3 rings (SSSR count). The predicted octanol–water partition coefficient (Wildman–Crippen LogP) is -0.898. The number of phosphoric ester groups is 1. The first-order valence-corrected chi connectivity index (χ1v) is 3.67. The van der Waals surface area contributed by atoms with E-state index in [1.165, 1.54) is 0 Å². The summed E-state index contributed by atoms with van der Waals surface area (Å²) < 4.78 is 23.6. The van der Waals surface area contributed by atoms with Crippen molar-refractivity contribution in [2.75, 3.05) is 0 Å². The first-order valence-electron chi connectivity index (χ1n) is 2.21. The van der Waals surface area contributed by atoms with Crippen molar-refractivity contribution in [3.05, 3.63) is 0 Å². The lowest BCUT2D eigenvalue weighted by atomic mass is 10.5. The fraction of sp³-hybridized carbons (Fsp3) is 1.00. The zero-order chi connectivity index (χ0) is 6.70. The number of nitrogens with two attached hydrogens (primary N) is 1. The van der Waals surface area contributed by atoms with Crippen LogP contribution in [0.4, 0.5) is 0 Å². The van der Waals surface area contributed by atoms with Gasteiger partial charge in [-0.1, -0.05) is 0 Å².